The van der Waals surface area contributed by atoms with Gasteiger partial charge in [-0.15, -0.1) is 10.2 Å². The number of hydrogen-bond acceptors (Lipinski definition) is 6. The molecule has 0 saturated carbocycles. The fourth-order valence-corrected chi connectivity index (χ4v) is 1.95. The maximum Gasteiger partial charge on any atom is 0.356 e. The predicted molar refractivity (Wildman–Crippen MR) is 69.3 cm³/mol. The van der Waals surface area contributed by atoms with Crippen molar-refractivity contribution in [1.82, 2.24) is 15.1 Å². The lowest BCUT2D eigenvalue weighted by Gasteiger charge is -2.32. The minimum atomic E-state index is -1.08. The lowest BCUT2D eigenvalue weighted by molar-refractivity contribution is -0.0192. The van der Waals surface area contributed by atoms with Crippen LogP contribution in [0, 0.1) is 0 Å². The van der Waals surface area contributed by atoms with Gasteiger partial charge in [0.1, 0.15) is 5.82 Å². The molecule has 0 aliphatic carbocycles. The Balaban J connectivity index is 1.83. The smallest absolute Gasteiger partial charge is 0.356 e. The van der Waals surface area contributed by atoms with Crippen molar-refractivity contribution in [3.63, 3.8) is 0 Å². The molecule has 0 spiro atoms. The van der Waals surface area contributed by atoms with Gasteiger partial charge in [0.25, 0.3) is 0 Å². The lowest BCUT2D eigenvalue weighted by atomic mass is 10.2. The van der Waals surface area contributed by atoms with Crippen LogP contribution in [0.5, 0.6) is 0 Å². The lowest BCUT2D eigenvalue weighted by Crippen LogP contribution is -2.45. The molecule has 2 N–H and O–H groups in total. The molecule has 1 aromatic heterocycles. The van der Waals surface area contributed by atoms with Crippen LogP contribution in [0.3, 0.4) is 0 Å². The van der Waals surface area contributed by atoms with Gasteiger partial charge in [-0.3, -0.25) is 4.90 Å². The Morgan fingerprint density at radius 1 is 1.58 bits per heavy atom. The zero-order valence-corrected chi connectivity index (χ0v) is 10.9. The average molecular weight is 266 g/mol. The molecule has 19 heavy (non-hydrogen) atoms. The number of likely N-dealkylation sites (N-methyl/N-ethyl adjacent to an activating group) is 1. The third-order valence-electron chi connectivity index (χ3n) is 3.06. The fraction of sp³-hybridized carbons (Fsp3) is 0.583. The monoisotopic (exact) mass is 266 g/mol. The summed E-state index contributed by atoms with van der Waals surface area (Å²) in [6, 6.07) is 3.04. The SMILES string of the molecule is CCN1CCOC(CNc2ccc(C(=O)O)nn2)C1. The van der Waals surface area contributed by atoms with Crippen LogP contribution in [0.4, 0.5) is 5.82 Å². The Morgan fingerprint density at radius 2 is 2.42 bits per heavy atom. The molecule has 7 nitrogen and oxygen atoms in total. The molecule has 0 bridgehead atoms. The second kappa shape index (κ2) is 6.44. The van der Waals surface area contributed by atoms with Crippen molar-refractivity contribution in [3.05, 3.63) is 17.8 Å². The molecule has 7 heteroatoms. The Labute approximate surface area is 111 Å². The second-order valence-corrected chi connectivity index (χ2v) is 4.38. The van der Waals surface area contributed by atoms with Crippen LogP contribution in [-0.4, -0.2) is 65.1 Å². The molecule has 104 valence electrons. The van der Waals surface area contributed by atoms with E-state index in [4.69, 9.17) is 9.84 Å². The van der Waals surface area contributed by atoms with Gasteiger partial charge in [0, 0.05) is 19.6 Å². The third-order valence-corrected chi connectivity index (χ3v) is 3.06. The summed E-state index contributed by atoms with van der Waals surface area (Å²) in [4.78, 5) is 13.0. The summed E-state index contributed by atoms with van der Waals surface area (Å²) < 4.78 is 5.65. The minimum absolute atomic E-state index is 0.0587. The summed E-state index contributed by atoms with van der Waals surface area (Å²) in [5.41, 5.74) is -0.0587. The van der Waals surface area contributed by atoms with Crippen molar-refractivity contribution in [2.24, 2.45) is 0 Å². The predicted octanol–water partition coefficient (Wildman–Crippen LogP) is 0.307. The molecule has 2 rings (SSSR count). The van der Waals surface area contributed by atoms with Gasteiger partial charge < -0.3 is 15.2 Å². The highest BCUT2D eigenvalue weighted by Gasteiger charge is 2.19. The maximum absolute atomic E-state index is 10.6. The number of anilines is 1. The van der Waals surface area contributed by atoms with Crippen molar-refractivity contribution in [2.45, 2.75) is 13.0 Å². The first-order valence-electron chi connectivity index (χ1n) is 6.34. The Kier molecular flexibility index (Phi) is 4.64. The van der Waals surface area contributed by atoms with Gasteiger partial charge in [-0.2, -0.15) is 0 Å². The number of ether oxygens (including phenoxy) is 1. The van der Waals surface area contributed by atoms with Gasteiger partial charge in [0.2, 0.25) is 0 Å². The van der Waals surface area contributed by atoms with Crippen LogP contribution in [0.25, 0.3) is 0 Å². The van der Waals surface area contributed by atoms with Gasteiger partial charge in [0.15, 0.2) is 5.69 Å². The van der Waals surface area contributed by atoms with Crippen LogP contribution in [0.1, 0.15) is 17.4 Å². The molecular formula is C12H18N4O3. The van der Waals surface area contributed by atoms with Crippen molar-refractivity contribution in [1.29, 1.82) is 0 Å². The molecule has 1 aliphatic heterocycles. The van der Waals surface area contributed by atoms with E-state index >= 15 is 0 Å². The number of nitrogens with zero attached hydrogens (tertiary/aromatic N) is 3. The van der Waals surface area contributed by atoms with Crippen molar-refractivity contribution < 1.29 is 14.6 Å². The number of carboxylic acid groups (broad SMARTS) is 1. The molecule has 1 aliphatic rings. The second-order valence-electron chi connectivity index (χ2n) is 4.38. The van der Waals surface area contributed by atoms with Crippen molar-refractivity contribution >= 4 is 11.8 Å². The van der Waals surface area contributed by atoms with Gasteiger partial charge in [-0.25, -0.2) is 4.79 Å². The van der Waals surface area contributed by atoms with Crippen LogP contribution in [0.2, 0.25) is 0 Å². The molecule has 1 fully saturated rings. The van der Waals surface area contributed by atoms with Crippen LogP contribution in [0.15, 0.2) is 12.1 Å². The minimum Gasteiger partial charge on any atom is -0.476 e. The van der Waals surface area contributed by atoms with Crippen molar-refractivity contribution in [2.75, 3.05) is 38.1 Å². The van der Waals surface area contributed by atoms with E-state index in [-0.39, 0.29) is 11.8 Å². The highest BCUT2D eigenvalue weighted by molar-refractivity contribution is 5.85. The maximum atomic E-state index is 10.6. The van der Waals surface area contributed by atoms with E-state index in [9.17, 15) is 4.79 Å². The number of carboxylic acids is 1. The highest BCUT2D eigenvalue weighted by atomic mass is 16.5. The molecule has 0 aromatic carbocycles. The largest absolute Gasteiger partial charge is 0.476 e. The Hall–Kier alpha value is -1.73. The quantitative estimate of drug-likeness (QED) is 0.792. The summed E-state index contributed by atoms with van der Waals surface area (Å²) in [6.45, 7) is 6.39. The Morgan fingerprint density at radius 3 is 3.05 bits per heavy atom. The fourth-order valence-electron chi connectivity index (χ4n) is 1.95. The molecular weight excluding hydrogens is 248 g/mol. The number of morpholine rings is 1. The summed E-state index contributed by atoms with van der Waals surface area (Å²) in [6.07, 6.45) is 0.120. The molecule has 1 aromatic rings. The standard InChI is InChI=1S/C12H18N4O3/c1-2-16-5-6-19-9(8-16)7-13-11-4-3-10(12(17)18)14-15-11/h3-4,9H,2,5-8H2,1H3,(H,13,15)(H,17,18). The average Bonchev–Trinajstić information content (AvgIpc) is 2.46. The van der Waals surface area contributed by atoms with Crippen molar-refractivity contribution in [3.8, 4) is 0 Å². The molecule has 0 amide bonds. The molecule has 1 unspecified atom stereocenters. The summed E-state index contributed by atoms with van der Waals surface area (Å²) in [5.74, 6) is -0.518. The normalized spacial score (nSPS) is 20.2. The van der Waals surface area contributed by atoms with E-state index in [2.05, 4.69) is 27.3 Å². The zero-order valence-electron chi connectivity index (χ0n) is 10.9. The van der Waals surface area contributed by atoms with Crippen LogP contribution < -0.4 is 5.32 Å². The van der Waals surface area contributed by atoms with Gasteiger partial charge in [0.05, 0.1) is 12.7 Å². The number of carbonyl (C=O) groups is 1. The van der Waals surface area contributed by atoms with Gasteiger partial charge in [-0.1, -0.05) is 6.92 Å². The summed E-state index contributed by atoms with van der Waals surface area (Å²) >= 11 is 0. The molecule has 1 atom stereocenters. The first-order chi connectivity index (χ1) is 9.19. The summed E-state index contributed by atoms with van der Waals surface area (Å²) in [5, 5.41) is 19.2. The van der Waals surface area contributed by atoms with Gasteiger partial charge >= 0.3 is 5.97 Å². The zero-order chi connectivity index (χ0) is 13.7. The highest BCUT2D eigenvalue weighted by Crippen LogP contribution is 2.07. The van der Waals surface area contributed by atoms with Crippen LogP contribution in [-0.2, 0) is 4.74 Å². The number of hydrogen-bond donors (Lipinski definition) is 2. The van der Waals surface area contributed by atoms with E-state index in [1.807, 2.05) is 0 Å². The number of aromatic nitrogens is 2. The third kappa shape index (κ3) is 3.87. The summed E-state index contributed by atoms with van der Waals surface area (Å²) in [7, 11) is 0. The van der Waals surface area contributed by atoms with Gasteiger partial charge in [-0.05, 0) is 18.7 Å². The van der Waals surface area contributed by atoms with E-state index in [0.29, 0.717) is 12.4 Å². The van der Waals surface area contributed by atoms with Crippen LogP contribution >= 0.6 is 0 Å². The molecule has 2 heterocycles. The number of aromatic carboxylic acids is 1. The topological polar surface area (TPSA) is 87.6 Å². The number of nitrogens with one attached hydrogen (secondary N) is 1. The number of rotatable bonds is 5. The molecule has 0 radical (unpaired) electrons. The Bertz CT molecular complexity index is 423. The van der Waals surface area contributed by atoms with E-state index < -0.39 is 5.97 Å². The van der Waals surface area contributed by atoms with E-state index in [0.717, 1.165) is 26.2 Å². The first kappa shape index (κ1) is 13.7. The first-order valence-corrected chi connectivity index (χ1v) is 6.34. The van der Waals surface area contributed by atoms with E-state index in [1.54, 1.807) is 6.07 Å². The molecule has 1 saturated heterocycles. The van der Waals surface area contributed by atoms with E-state index in [1.165, 1.54) is 6.07 Å².